The summed E-state index contributed by atoms with van der Waals surface area (Å²) in [6.45, 7) is 0.551. The summed E-state index contributed by atoms with van der Waals surface area (Å²) < 4.78 is 7.29. The molecule has 7 heteroatoms. The number of nitrogens with zero attached hydrogens (tertiary/aromatic N) is 5. The Labute approximate surface area is 143 Å². The zero-order valence-corrected chi connectivity index (χ0v) is 14.9. The van der Waals surface area contributed by atoms with Crippen LogP contribution in [0.15, 0.2) is 12.3 Å². The van der Waals surface area contributed by atoms with Crippen molar-refractivity contribution in [2.75, 3.05) is 38.0 Å². The van der Waals surface area contributed by atoms with E-state index in [2.05, 4.69) is 10.4 Å². The standard InChI is InChI=1S/C17H26N6O/c1-22(2)17-20-13-8-6-5-7-12(13)16(21-17)19-14(11-24-4)15-9-10-18-23(15)3/h9-10,14H,5-8,11H2,1-4H3,(H,19,20,21). The van der Waals surface area contributed by atoms with Crippen molar-refractivity contribution in [3.05, 3.63) is 29.2 Å². The van der Waals surface area contributed by atoms with E-state index in [1.54, 1.807) is 13.3 Å². The molecule has 2 aromatic heterocycles. The topological polar surface area (TPSA) is 68.1 Å². The molecule has 0 aromatic carbocycles. The zero-order chi connectivity index (χ0) is 17.1. The Morgan fingerprint density at radius 2 is 2.08 bits per heavy atom. The van der Waals surface area contributed by atoms with Crippen molar-refractivity contribution in [2.45, 2.75) is 31.7 Å². The Hall–Kier alpha value is -2.15. The molecule has 0 amide bonds. The lowest BCUT2D eigenvalue weighted by Crippen LogP contribution is -2.24. The minimum absolute atomic E-state index is 0.00145. The Bertz CT molecular complexity index is 696. The van der Waals surface area contributed by atoms with Gasteiger partial charge in [0.05, 0.1) is 24.0 Å². The molecule has 2 aromatic rings. The van der Waals surface area contributed by atoms with Crippen molar-refractivity contribution in [2.24, 2.45) is 7.05 Å². The SMILES string of the molecule is COCC(Nc1nc(N(C)C)nc2c1CCCC2)c1ccnn1C. The van der Waals surface area contributed by atoms with Crippen LogP contribution >= 0.6 is 0 Å². The quantitative estimate of drug-likeness (QED) is 0.873. The summed E-state index contributed by atoms with van der Waals surface area (Å²) in [6.07, 6.45) is 6.23. The second kappa shape index (κ2) is 7.17. The molecule has 7 nitrogen and oxygen atoms in total. The number of hydrogen-bond acceptors (Lipinski definition) is 6. The molecule has 3 rings (SSSR count). The van der Waals surface area contributed by atoms with Gasteiger partial charge in [0.15, 0.2) is 0 Å². The van der Waals surface area contributed by atoms with Crippen molar-refractivity contribution in [3.63, 3.8) is 0 Å². The molecule has 1 aliphatic carbocycles. The fraction of sp³-hybridized carbons (Fsp3) is 0.588. The van der Waals surface area contributed by atoms with Crippen LogP contribution in [0.25, 0.3) is 0 Å². The van der Waals surface area contributed by atoms with E-state index >= 15 is 0 Å². The number of aromatic nitrogens is 4. The van der Waals surface area contributed by atoms with Crippen LogP contribution in [0.5, 0.6) is 0 Å². The molecule has 1 aliphatic rings. The highest BCUT2D eigenvalue weighted by atomic mass is 16.5. The van der Waals surface area contributed by atoms with E-state index in [1.165, 1.54) is 24.1 Å². The number of rotatable bonds is 6. The van der Waals surface area contributed by atoms with E-state index in [0.717, 1.165) is 30.3 Å². The number of anilines is 2. The number of ether oxygens (including phenoxy) is 1. The van der Waals surface area contributed by atoms with Gasteiger partial charge in [0.2, 0.25) is 5.95 Å². The second-order valence-electron chi connectivity index (χ2n) is 6.43. The van der Waals surface area contributed by atoms with Crippen LogP contribution in [0.2, 0.25) is 0 Å². The smallest absolute Gasteiger partial charge is 0.227 e. The van der Waals surface area contributed by atoms with Crippen molar-refractivity contribution >= 4 is 11.8 Å². The number of nitrogens with one attached hydrogen (secondary N) is 1. The van der Waals surface area contributed by atoms with E-state index in [0.29, 0.717) is 6.61 Å². The van der Waals surface area contributed by atoms with E-state index in [9.17, 15) is 0 Å². The average Bonchev–Trinajstić information content (AvgIpc) is 3.00. The molecule has 0 aliphatic heterocycles. The first-order valence-electron chi connectivity index (χ1n) is 8.40. The summed E-state index contributed by atoms with van der Waals surface area (Å²) in [5.41, 5.74) is 3.49. The van der Waals surface area contributed by atoms with Crippen LogP contribution in [0, 0.1) is 0 Å². The lowest BCUT2D eigenvalue weighted by molar-refractivity contribution is 0.184. The van der Waals surface area contributed by atoms with Gasteiger partial charge in [-0.2, -0.15) is 10.1 Å². The van der Waals surface area contributed by atoms with Gasteiger partial charge in [-0.05, 0) is 31.7 Å². The first-order chi connectivity index (χ1) is 11.6. The first kappa shape index (κ1) is 16.7. The lowest BCUT2D eigenvalue weighted by atomic mass is 9.96. The first-order valence-corrected chi connectivity index (χ1v) is 8.40. The van der Waals surface area contributed by atoms with Gasteiger partial charge in [-0.15, -0.1) is 0 Å². The zero-order valence-electron chi connectivity index (χ0n) is 14.9. The van der Waals surface area contributed by atoms with Crippen LogP contribution in [0.3, 0.4) is 0 Å². The number of hydrogen-bond donors (Lipinski definition) is 1. The molecule has 0 radical (unpaired) electrons. The summed E-state index contributed by atoms with van der Waals surface area (Å²) in [4.78, 5) is 11.5. The van der Waals surface area contributed by atoms with Gasteiger partial charge in [0, 0.05) is 40.0 Å². The maximum Gasteiger partial charge on any atom is 0.227 e. The van der Waals surface area contributed by atoms with Gasteiger partial charge in [-0.3, -0.25) is 4.68 Å². The maximum absolute atomic E-state index is 5.42. The molecule has 2 heterocycles. The molecule has 0 fully saturated rings. The van der Waals surface area contributed by atoms with Gasteiger partial charge in [0.25, 0.3) is 0 Å². The third-order valence-electron chi connectivity index (χ3n) is 4.43. The van der Waals surface area contributed by atoms with E-state index < -0.39 is 0 Å². The third kappa shape index (κ3) is 3.36. The fourth-order valence-electron chi connectivity index (χ4n) is 3.16. The molecule has 1 N–H and O–H groups in total. The Kier molecular flexibility index (Phi) is 4.99. The molecular formula is C17H26N6O. The fourth-order valence-corrected chi connectivity index (χ4v) is 3.16. The summed E-state index contributed by atoms with van der Waals surface area (Å²) in [6, 6.07) is 2.01. The highest BCUT2D eigenvalue weighted by Gasteiger charge is 2.22. The van der Waals surface area contributed by atoms with Crippen LogP contribution < -0.4 is 10.2 Å². The summed E-state index contributed by atoms with van der Waals surface area (Å²) in [5.74, 6) is 1.67. The number of fused-ring (bicyclic) bond motifs is 1. The molecule has 24 heavy (non-hydrogen) atoms. The van der Waals surface area contributed by atoms with Crippen LogP contribution in [-0.2, 0) is 24.6 Å². The number of methoxy groups -OCH3 is 1. The second-order valence-corrected chi connectivity index (χ2v) is 6.43. The largest absolute Gasteiger partial charge is 0.382 e. The molecule has 0 spiro atoms. The molecule has 1 unspecified atom stereocenters. The predicted molar refractivity (Wildman–Crippen MR) is 94.4 cm³/mol. The molecule has 1 atom stereocenters. The van der Waals surface area contributed by atoms with E-state index in [1.807, 2.05) is 36.8 Å². The van der Waals surface area contributed by atoms with Crippen molar-refractivity contribution in [1.29, 1.82) is 0 Å². The summed E-state index contributed by atoms with van der Waals surface area (Å²) in [7, 11) is 7.61. The van der Waals surface area contributed by atoms with Crippen LogP contribution in [0.1, 0.15) is 35.8 Å². The molecule has 0 saturated carbocycles. The monoisotopic (exact) mass is 330 g/mol. The Morgan fingerprint density at radius 3 is 2.75 bits per heavy atom. The van der Waals surface area contributed by atoms with Gasteiger partial charge in [0.1, 0.15) is 5.82 Å². The Morgan fingerprint density at radius 1 is 1.29 bits per heavy atom. The highest BCUT2D eigenvalue weighted by molar-refractivity contribution is 5.53. The minimum atomic E-state index is -0.00145. The van der Waals surface area contributed by atoms with Gasteiger partial charge in [-0.25, -0.2) is 4.98 Å². The van der Waals surface area contributed by atoms with E-state index in [4.69, 9.17) is 14.7 Å². The molecule has 130 valence electrons. The van der Waals surface area contributed by atoms with Crippen molar-refractivity contribution in [3.8, 4) is 0 Å². The predicted octanol–water partition coefficient (Wildman–Crippen LogP) is 1.95. The van der Waals surface area contributed by atoms with Crippen molar-refractivity contribution < 1.29 is 4.74 Å². The molecule has 0 bridgehead atoms. The summed E-state index contributed by atoms with van der Waals surface area (Å²) >= 11 is 0. The minimum Gasteiger partial charge on any atom is -0.382 e. The van der Waals surface area contributed by atoms with Gasteiger partial charge >= 0.3 is 0 Å². The Balaban J connectivity index is 1.97. The van der Waals surface area contributed by atoms with Gasteiger partial charge in [-0.1, -0.05) is 0 Å². The third-order valence-corrected chi connectivity index (χ3v) is 4.43. The summed E-state index contributed by atoms with van der Waals surface area (Å²) in [5, 5.41) is 7.86. The highest BCUT2D eigenvalue weighted by Crippen LogP contribution is 2.29. The van der Waals surface area contributed by atoms with Crippen LogP contribution in [0.4, 0.5) is 11.8 Å². The number of aryl methyl sites for hydroxylation is 2. The lowest BCUT2D eigenvalue weighted by Gasteiger charge is -2.25. The molecule has 0 saturated heterocycles. The van der Waals surface area contributed by atoms with E-state index in [-0.39, 0.29) is 6.04 Å². The van der Waals surface area contributed by atoms with Crippen molar-refractivity contribution in [1.82, 2.24) is 19.7 Å². The van der Waals surface area contributed by atoms with Crippen LogP contribution in [-0.4, -0.2) is 47.6 Å². The molecular weight excluding hydrogens is 304 g/mol. The average molecular weight is 330 g/mol. The normalized spacial score (nSPS) is 15.0. The maximum atomic E-state index is 5.42. The van der Waals surface area contributed by atoms with Gasteiger partial charge < -0.3 is 15.0 Å².